The summed E-state index contributed by atoms with van der Waals surface area (Å²) in [6, 6.07) is 7.92. The number of rotatable bonds is 3. The Morgan fingerprint density at radius 1 is 1.17 bits per heavy atom. The van der Waals surface area contributed by atoms with E-state index in [1.54, 1.807) is 12.4 Å². The number of aromatic nitrogens is 1. The van der Waals surface area contributed by atoms with Crippen LogP contribution < -0.4 is 14.8 Å². The molecule has 0 aliphatic carbocycles. The number of pyridine rings is 1. The third-order valence-corrected chi connectivity index (χ3v) is 3.07. The van der Waals surface area contributed by atoms with Crippen LogP contribution in [0.1, 0.15) is 5.56 Å². The van der Waals surface area contributed by atoms with E-state index in [1.807, 2.05) is 24.3 Å². The minimum atomic E-state index is 0.307. The number of anilines is 1. The van der Waals surface area contributed by atoms with Gasteiger partial charge in [0.2, 0.25) is 6.79 Å². The first-order chi connectivity index (χ1) is 8.81. The van der Waals surface area contributed by atoms with Crippen molar-refractivity contribution in [2.45, 2.75) is 6.54 Å². The maximum absolute atomic E-state index is 5.34. The van der Waals surface area contributed by atoms with E-state index in [0.29, 0.717) is 6.79 Å². The molecule has 92 valence electrons. The fraction of sp³-hybridized carbons (Fsp3) is 0.154. The summed E-state index contributed by atoms with van der Waals surface area (Å²) in [5, 5.41) is 3.30. The molecule has 2 heterocycles. The van der Waals surface area contributed by atoms with Gasteiger partial charge in [0, 0.05) is 17.2 Å². The van der Waals surface area contributed by atoms with Crippen molar-refractivity contribution in [2.24, 2.45) is 0 Å². The third kappa shape index (κ3) is 2.41. The van der Waals surface area contributed by atoms with Gasteiger partial charge in [-0.1, -0.05) is 6.07 Å². The average molecular weight is 307 g/mol. The number of halogens is 1. The van der Waals surface area contributed by atoms with E-state index in [2.05, 4.69) is 26.2 Å². The van der Waals surface area contributed by atoms with E-state index < -0.39 is 0 Å². The monoisotopic (exact) mass is 306 g/mol. The summed E-state index contributed by atoms with van der Waals surface area (Å²) in [5.74, 6) is 1.62. The SMILES string of the molecule is Brc1cncc(NCc2ccc3c(c2)OCO3)c1. The van der Waals surface area contributed by atoms with Gasteiger partial charge in [0.1, 0.15) is 0 Å². The Hall–Kier alpha value is -1.75. The summed E-state index contributed by atoms with van der Waals surface area (Å²) < 4.78 is 11.6. The Bertz CT molecular complexity index is 575. The molecule has 0 saturated carbocycles. The van der Waals surface area contributed by atoms with Crippen LogP contribution >= 0.6 is 15.9 Å². The van der Waals surface area contributed by atoms with Gasteiger partial charge in [0.05, 0.1) is 11.9 Å². The maximum Gasteiger partial charge on any atom is 0.231 e. The Kier molecular flexibility index (Phi) is 3.06. The predicted octanol–water partition coefficient (Wildman–Crippen LogP) is 3.18. The second-order valence-electron chi connectivity index (χ2n) is 3.93. The molecule has 1 N–H and O–H groups in total. The first kappa shape index (κ1) is 11.3. The Balaban J connectivity index is 1.70. The van der Waals surface area contributed by atoms with E-state index in [0.717, 1.165) is 33.8 Å². The molecule has 2 aromatic rings. The molecule has 0 saturated heterocycles. The lowest BCUT2D eigenvalue weighted by Crippen LogP contribution is -1.99. The zero-order valence-corrected chi connectivity index (χ0v) is 11.1. The predicted molar refractivity (Wildman–Crippen MR) is 71.8 cm³/mol. The fourth-order valence-corrected chi connectivity index (χ4v) is 2.13. The number of fused-ring (bicyclic) bond motifs is 1. The van der Waals surface area contributed by atoms with E-state index in [-0.39, 0.29) is 0 Å². The van der Waals surface area contributed by atoms with Crippen LogP contribution in [-0.2, 0) is 6.54 Å². The molecule has 1 aliphatic heterocycles. The number of ether oxygens (including phenoxy) is 2. The summed E-state index contributed by atoms with van der Waals surface area (Å²) in [4.78, 5) is 4.10. The summed E-state index contributed by atoms with van der Waals surface area (Å²) in [7, 11) is 0. The van der Waals surface area contributed by atoms with Gasteiger partial charge in [0.15, 0.2) is 11.5 Å². The second kappa shape index (κ2) is 4.86. The largest absolute Gasteiger partial charge is 0.454 e. The van der Waals surface area contributed by atoms with Crippen molar-refractivity contribution in [2.75, 3.05) is 12.1 Å². The highest BCUT2D eigenvalue weighted by Gasteiger charge is 2.12. The van der Waals surface area contributed by atoms with E-state index in [4.69, 9.17) is 9.47 Å². The van der Waals surface area contributed by atoms with Crippen LogP contribution in [0.5, 0.6) is 11.5 Å². The zero-order valence-electron chi connectivity index (χ0n) is 9.52. The molecule has 0 unspecified atom stereocenters. The first-order valence-electron chi connectivity index (χ1n) is 5.54. The lowest BCUT2D eigenvalue weighted by atomic mass is 10.2. The quantitative estimate of drug-likeness (QED) is 0.946. The van der Waals surface area contributed by atoms with Gasteiger partial charge < -0.3 is 14.8 Å². The molecule has 1 aromatic carbocycles. The average Bonchev–Trinajstić information content (AvgIpc) is 2.84. The smallest absolute Gasteiger partial charge is 0.231 e. The van der Waals surface area contributed by atoms with Crippen LogP contribution in [0.25, 0.3) is 0 Å². The number of nitrogens with zero attached hydrogens (tertiary/aromatic N) is 1. The molecule has 0 bridgehead atoms. The fourth-order valence-electron chi connectivity index (χ4n) is 1.76. The van der Waals surface area contributed by atoms with Crippen LogP contribution in [0, 0.1) is 0 Å². The summed E-state index contributed by atoms with van der Waals surface area (Å²) >= 11 is 3.39. The zero-order chi connectivity index (χ0) is 12.4. The molecule has 18 heavy (non-hydrogen) atoms. The molecular weight excluding hydrogens is 296 g/mol. The minimum absolute atomic E-state index is 0.307. The van der Waals surface area contributed by atoms with Crippen molar-refractivity contribution in [1.29, 1.82) is 0 Å². The molecule has 0 amide bonds. The van der Waals surface area contributed by atoms with Gasteiger partial charge in [-0.3, -0.25) is 4.98 Å². The topological polar surface area (TPSA) is 43.4 Å². The normalized spacial score (nSPS) is 12.5. The van der Waals surface area contributed by atoms with Crippen molar-refractivity contribution in [3.05, 3.63) is 46.7 Å². The van der Waals surface area contributed by atoms with Gasteiger partial charge in [-0.05, 0) is 39.7 Å². The molecule has 3 rings (SSSR count). The molecule has 4 nitrogen and oxygen atoms in total. The summed E-state index contributed by atoms with van der Waals surface area (Å²) in [6.07, 6.45) is 3.55. The van der Waals surface area contributed by atoms with E-state index in [9.17, 15) is 0 Å². The van der Waals surface area contributed by atoms with Crippen LogP contribution in [-0.4, -0.2) is 11.8 Å². The van der Waals surface area contributed by atoms with Gasteiger partial charge in [0.25, 0.3) is 0 Å². The second-order valence-corrected chi connectivity index (χ2v) is 4.85. The van der Waals surface area contributed by atoms with Crippen molar-refractivity contribution in [3.63, 3.8) is 0 Å². The van der Waals surface area contributed by atoms with Crippen molar-refractivity contribution >= 4 is 21.6 Å². The lowest BCUT2D eigenvalue weighted by molar-refractivity contribution is 0.174. The first-order valence-corrected chi connectivity index (χ1v) is 6.33. The van der Waals surface area contributed by atoms with Crippen LogP contribution in [0.3, 0.4) is 0 Å². The highest BCUT2D eigenvalue weighted by Crippen LogP contribution is 2.32. The highest BCUT2D eigenvalue weighted by atomic mass is 79.9. The maximum atomic E-state index is 5.34. The third-order valence-electron chi connectivity index (χ3n) is 2.64. The van der Waals surface area contributed by atoms with Crippen LogP contribution in [0.2, 0.25) is 0 Å². The number of benzene rings is 1. The van der Waals surface area contributed by atoms with Gasteiger partial charge >= 0.3 is 0 Å². The molecule has 0 atom stereocenters. The van der Waals surface area contributed by atoms with E-state index in [1.165, 1.54) is 0 Å². The highest BCUT2D eigenvalue weighted by molar-refractivity contribution is 9.10. The number of hydrogen-bond acceptors (Lipinski definition) is 4. The van der Waals surface area contributed by atoms with Gasteiger partial charge in [-0.2, -0.15) is 0 Å². The lowest BCUT2D eigenvalue weighted by Gasteiger charge is -2.07. The van der Waals surface area contributed by atoms with Gasteiger partial charge in [-0.15, -0.1) is 0 Å². The number of hydrogen-bond donors (Lipinski definition) is 1. The molecule has 1 aliphatic rings. The van der Waals surface area contributed by atoms with Crippen LogP contribution in [0.15, 0.2) is 41.1 Å². The Morgan fingerprint density at radius 2 is 2.06 bits per heavy atom. The molecule has 0 fully saturated rings. The van der Waals surface area contributed by atoms with Gasteiger partial charge in [-0.25, -0.2) is 0 Å². The van der Waals surface area contributed by atoms with Crippen molar-refractivity contribution in [1.82, 2.24) is 4.98 Å². The molecular formula is C13H11BrN2O2. The van der Waals surface area contributed by atoms with E-state index >= 15 is 0 Å². The number of nitrogens with one attached hydrogen (secondary N) is 1. The molecule has 0 radical (unpaired) electrons. The molecule has 5 heteroatoms. The van der Waals surface area contributed by atoms with Crippen molar-refractivity contribution in [3.8, 4) is 11.5 Å². The Labute approximate surface area is 113 Å². The molecule has 1 aromatic heterocycles. The van der Waals surface area contributed by atoms with Crippen LogP contribution in [0.4, 0.5) is 5.69 Å². The minimum Gasteiger partial charge on any atom is -0.454 e. The molecule has 0 spiro atoms. The summed E-state index contributed by atoms with van der Waals surface area (Å²) in [6.45, 7) is 1.02. The Morgan fingerprint density at radius 3 is 2.94 bits per heavy atom. The van der Waals surface area contributed by atoms with Crippen molar-refractivity contribution < 1.29 is 9.47 Å². The summed E-state index contributed by atoms with van der Waals surface area (Å²) in [5.41, 5.74) is 2.11. The standard InChI is InChI=1S/C13H11BrN2O2/c14-10-4-11(7-15-6-10)16-5-9-1-2-12-13(3-9)18-8-17-12/h1-4,6-7,16H,5,8H2.